The zero-order valence-electron chi connectivity index (χ0n) is 12.1. The maximum absolute atomic E-state index is 11.9. The van der Waals surface area contributed by atoms with Crippen molar-refractivity contribution in [1.82, 2.24) is 19.0 Å². The number of piperidine rings is 1. The van der Waals surface area contributed by atoms with Gasteiger partial charge in [-0.2, -0.15) is 8.75 Å². The molecule has 2 atom stereocenters. The molecule has 2 unspecified atom stereocenters. The molecule has 2 fully saturated rings. The van der Waals surface area contributed by atoms with E-state index in [1.165, 1.54) is 12.6 Å². The van der Waals surface area contributed by atoms with E-state index in [4.69, 9.17) is 0 Å². The lowest BCUT2D eigenvalue weighted by atomic mass is 9.89. The second kappa shape index (κ2) is 6.81. The highest BCUT2D eigenvalue weighted by Crippen LogP contribution is 2.25. The molecule has 116 valence electrons. The van der Waals surface area contributed by atoms with Crippen molar-refractivity contribution in [2.45, 2.75) is 56.7 Å². The van der Waals surface area contributed by atoms with E-state index in [1.807, 2.05) is 0 Å². The van der Waals surface area contributed by atoms with Gasteiger partial charge in [-0.3, -0.25) is 9.69 Å². The molecule has 0 spiro atoms. The van der Waals surface area contributed by atoms with Crippen LogP contribution in [-0.2, 0) is 0 Å². The van der Waals surface area contributed by atoms with Crippen molar-refractivity contribution >= 4 is 17.6 Å². The second-order valence-corrected chi connectivity index (χ2v) is 6.55. The van der Waals surface area contributed by atoms with Crippen LogP contribution in [0.2, 0.25) is 0 Å². The van der Waals surface area contributed by atoms with Crippen LogP contribution in [0.3, 0.4) is 0 Å². The van der Waals surface area contributed by atoms with Crippen LogP contribution >= 0.6 is 11.7 Å². The molecule has 1 saturated carbocycles. The third kappa shape index (κ3) is 3.59. The topological polar surface area (TPSA) is 78.4 Å². The van der Waals surface area contributed by atoms with E-state index >= 15 is 0 Å². The number of carbonyl (C=O) groups is 1. The number of nitrogens with one attached hydrogen (secondary N) is 1. The molecule has 0 bridgehead atoms. The summed E-state index contributed by atoms with van der Waals surface area (Å²) in [6.07, 6.45) is 7.60. The summed E-state index contributed by atoms with van der Waals surface area (Å²) in [6.45, 7) is 1.89. The molecule has 1 aliphatic carbocycles. The molecule has 6 nitrogen and oxygen atoms in total. The number of likely N-dealkylation sites (tertiary alicyclic amines) is 1. The van der Waals surface area contributed by atoms with Gasteiger partial charge in [-0.05, 0) is 25.7 Å². The normalized spacial score (nSPS) is 28.4. The summed E-state index contributed by atoms with van der Waals surface area (Å²) in [5.41, 5.74) is 0.408. The predicted molar refractivity (Wildman–Crippen MR) is 80.2 cm³/mol. The van der Waals surface area contributed by atoms with Crippen molar-refractivity contribution in [1.29, 1.82) is 0 Å². The molecule has 2 heterocycles. The molecule has 3 rings (SSSR count). The van der Waals surface area contributed by atoms with Crippen molar-refractivity contribution in [2.24, 2.45) is 0 Å². The number of aliphatic hydroxyl groups is 1. The number of rotatable bonds is 3. The van der Waals surface area contributed by atoms with Gasteiger partial charge in [-0.15, -0.1) is 0 Å². The molecule has 2 aliphatic rings. The van der Waals surface area contributed by atoms with Crippen molar-refractivity contribution in [3.63, 3.8) is 0 Å². The van der Waals surface area contributed by atoms with Crippen molar-refractivity contribution in [3.05, 3.63) is 11.9 Å². The van der Waals surface area contributed by atoms with Gasteiger partial charge in [-0.25, -0.2) is 0 Å². The zero-order valence-corrected chi connectivity index (χ0v) is 12.9. The van der Waals surface area contributed by atoms with Crippen LogP contribution in [0, 0.1) is 0 Å². The smallest absolute Gasteiger partial charge is 0.272 e. The molecule has 21 heavy (non-hydrogen) atoms. The highest BCUT2D eigenvalue weighted by atomic mass is 32.1. The van der Waals surface area contributed by atoms with Gasteiger partial charge in [0, 0.05) is 25.2 Å². The Hall–Kier alpha value is -1.05. The van der Waals surface area contributed by atoms with Crippen LogP contribution < -0.4 is 5.32 Å². The van der Waals surface area contributed by atoms with Crippen LogP contribution in [0.1, 0.15) is 49.0 Å². The first kappa shape index (κ1) is 14.9. The van der Waals surface area contributed by atoms with Crippen LogP contribution in [0.4, 0.5) is 0 Å². The van der Waals surface area contributed by atoms with E-state index in [9.17, 15) is 9.90 Å². The number of aromatic nitrogens is 2. The molecule has 1 aromatic rings. The molecule has 2 N–H and O–H groups in total. The molecule has 1 aliphatic heterocycles. The Bertz CT molecular complexity index is 460. The third-order valence-electron chi connectivity index (χ3n) is 4.62. The maximum Gasteiger partial charge on any atom is 0.272 e. The SMILES string of the molecule is O=C(NC1CCN(C2CCCCC2O)CC1)c1cnsn1. The molecular formula is C14H22N4O2S. The lowest BCUT2D eigenvalue weighted by Gasteiger charge is -2.41. The fourth-order valence-corrected chi connectivity index (χ4v) is 3.83. The zero-order chi connectivity index (χ0) is 14.7. The number of hydrogen-bond acceptors (Lipinski definition) is 6. The summed E-state index contributed by atoms with van der Waals surface area (Å²) in [5.74, 6) is -0.125. The largest absolute Gasteiger partial charge is 0.391 e. The molecule has 7 heteroatoms. The van der Waals surface area contributed by atoms with Gasteiger partial charge in [0.15, 0.2) is 5.69 Å². The summed E-state index contributed by atoms with van der Waals surface area (Å²) < 4.78 is 7.81. The van der Waals surface area contributed by atoms with Crippen molar-refractivity contribution < 1.29 is 9.90 Å². The average molecular weight is 310 g/mol. The lowest BCUT2D eigenvalue weighted by Crippen LogP contribution is -2.52. The van der Waals surface area contributed by atoms with Gasteiger partial charge in [-0.1, -0.05) is 12.8 Å². The predicted octanol–water partition coefficient (Wildman–Crippen LogP) is 1.04. The molecule has 1 amide bonds. The van der Waals surface area contributed by atoms with Crippen LogP contribution in [0.15, 0.2) is 6.20 Å². The fourth-order valence-electron chi connectivity index (χ4n) is 3.42. The molecule has 1 aromatic heterocycles. The maximum atomic E-state index is 11.9. The Balaban J connectivity index is 1.47. The first-order valence-corrected chi connectivity index (χ1v) is 8.47. The van der Waals surface area contributed by atoms with E-state index in [-0.39, 0.29) is 18.1 Å². The fraction of sp³-hybridized carbons (Fsp3) is 0.786. The van der Waals surface area contributed by atoms with Gasteiger partial charge in [0.1, 0.15) is 0 Å². The number of aliphatic hydroxyl groups excluding tert-OH is 1. The van der Waals surface area contributed by atoms with Gasteiger partial charge in [0.25, 0.3) is 5.91 Å². The van der Waals surface area contributed by atoms with Gasteiger partial charge in [0.05, 0.1) is 24.0 Å². The first-order valence-electron chi connectivity index (χ1n) is 7.74. The summed E-state index contributed by atoms with van der Waals surface area (Å²) >= 11 is 1.05. The highest BCUT2D eigenvalue weighted by molar-refractivity contribution is 6.99. The molecule has 0 radical (unpaired) electrons. The Labute approximate surface area is 128 Å². The quantitative estimate of drug-likeness (QED) is 0.872. The van der Waals surface area contributed by atoms with Crippen LogP contribution in [0.5, 0.6) is 0 Å². The molecule has 1 saturated heterocycles. The van der Waals surface area contributed by atoms with Gasteiger partial charge >= 0.3 is 0 Å². The van der Waals surface area contributed by atoms with Crippen molar-refractivity contribution in [3.8, 4) is 0 Å². The van der Waals surface area contributed by atoms with E-state index in [0.29, 0.717) is 11.7 Å². The Morgan fingerprint density at radius 1 is 1.29 bits per heavy atom. The Kier molecular flexibility index (Phi) is 4.82. The minimum Gasteiger partial charge on any atom is -0.391 e. The minimum absolute atomic E-state index is 0.125. The average Bonchev–Trinajstić information content (AvgIpc) is 3.03. The summed E-state index contributed by atoms with van der Waals surface area (Å²) in [5, 5.41) is 13.2. The Morgan fingerprint density at radius 3 is 2.71 bits per heavy atom. The number of hydrogen-bond donors (Lipinski definition) is 2. The summed E-state index contributed by atoms with van der Waals surface area (Å²) in [6, 6.07) is 0.523. The second-order valence-electron chi connectivity index (χ2n) is 6.00. The lowest BCUT2D eigenvalue weighted by molar-refractivity contribution is 0.00726. The van der Waals surface area contributed by atoms with Crippen LogP contribution in [0.25, 0.3) is 0 Å². The monoisotopic (exact) mass is 310 g/mol. The standard InChI is InChI=1S/C14H22N4O2S/c19-13-4-2-1-3-12(13)18-7-5-10(6-8-18)16-14(20)11-9-15-21-17-11/h9-10,12-13,19H,1-8H2,(H,16,20). The van der Waals surface area contributed by atoms with Gasteiger partial charge in [0.2, 0.25) is 0 Å². The van der Waals surface area contributed by atoms with Crippen LogP contribution in [-0.4, -0.2) is 55.9 Å². The number of carbonyl (C=O) groups excluding carboxylic acids is 1. The Morgan fingerprint density at radius 2 is 2.05 bits per heavy atom. The first-order chi connectivity index (χ1) is 10.2. The summed E-state index contributed by atoms with van der Waals surface area (Å²) in [7, 11) is 0. The summed E-state index contributed by atoms with van der Waals surface area (Å²) in [4.78, 5) is 14.3. The van der Waals surface area contributed by atoms with Crippen molar-refractivity contribution in [2.75, 3.05) is 13.1 Å². The van der Waals surface area contributed by atoms with E-state index in [2.05, 4.69) is 19.0 Å². The molecule has 0 aromatic carbocycles. The van der Waals surface area contributed by atoms with E-state index in [1.54, 1.807) is 0 Å². The third-order valence-corrected chi connectivity index (χ3v) is 5.10. The number of amides is 1. The minimum atomic E-state index is -0.175. The highest BCUT2D eigenvalue weighted by Gasteiger charge is 2.31. The molecular weight excluding hydrogens is 288 g/mol. The van der Waals surface area contributed by atoms with Gasteiger partial charge < -0.3 is 10.4 Å². The van der Waals surface area contributed by atoms with E-state index in [0.717, 1.165) is 56.9 Å². The number of nitrogens with zero attached hydrogens (tertiary/aromatic N) is 3. The van der Waals surface area contributed by atoms with E-state index < -0.39 is 0 Å².